The van der Waals surface area contributed by atoms with Gasteiger partial charge in [0.2, 0.25) is 0 Å². The van der Waals surface area contributed by atoms with E-state index in [1.54, 1.807) is 0 Å². The highest BCUT2D eigenvalue weighted by molar-refractivity contribution is 6.02. The van der Waals surface area contributed by atoms with Gasteiger partial charge in [-0.25, -0.2) is 9.97 Å². The average molecular weight is 1290 g/mol. The Morgan fingerprint density at radius 1 is 0.250 bits per heavy atom. The van der Waals surface area contributed by atoms with Crippen LogP contribution in [0.25, 0.3) is 65.3 Å². The zero-order chi connectivity index (χ0) is 67.3. The van der Waals surface area contributed by atoms with Gasteiger partial charge in [0.25, 0.3) is 0 Å². The first-order valence-electron chi connectivity index (χ1n) is 34.9. The number of anilines is 12. The second-order valence-electron chi connectivity index (χ2n) is 26.8. The summed E-state index contributed by atoms with van der Waals surface area (Å²) in [6.45, 7) is 9.41. The van der Waals surface area contributed by atoms with Gasteiger partial charge in [-0.05, 0) is 223 Å². The van der Waals surface area contributed by atoms with E-state index < -0.39 is 0 Å². The summed E-state index contributed by atoms with van der Waals surface area (Å²) in [6.07, 6.45) is 5.74. The highest BCUT2D eigenvalue weighted by Gasteiger charge is 2.42. The molecular formula is C94H74N6. The molecule has 2 aliphatic rings. The molecule has 14 aromatic carbocycles. The van der Waals surface area contributed by atoms with E-state index in [0.717, 1.165) is 58.6 Å². The molecule has 100 heavy (non-hydrogen) atoms. The molecule has 0 fully saturated rings. The maximum atomic E-state index is 4.80. The molecule has 0 aliphatic heterocycles. The standard InChI is InChI=1S/C49H40N2.C45H34N4/c1-3-49(4-2)45-33-39(50(37-21-7-5-8-22-37)47-27-15-19-35-17-11-13-25-41(35)47)29-31-43(45)44-32-30-40(34-46(44)49)51(38-23-9-6-10-24-38)48-28-16-20-36-18-12-14-26-42(36)48;1-45(2)41-29-37(48(43-15-7-9-25-46-43)35-19-17-31-11-3-5-13-33(31)27-35)21-23-39(41)40-24-22-38(30-42(40)45)49(44-16-8-10-26-47-44)36-20-18-32-12-4-6-14-34(32)28-36/h5-34H,3-4H2,1-2H3;3-30H,1-2H3. The van der Waals surface area contributed by atoms with Gasteiger partial charge in [0.05, 0.1) is 11.4 Å². The number of fused-ring (bicyclic) bond motifs is 10. The summed E-state index contributed by atoms with van der Waals surface area (Å²) in [4.78, 5) is 19.0. The minimum Gasteiger partial charge on any atom is -0.310 e. The summed E-state index contributed by atoms with van der Waals surface area (Å²) in [5, 5.41) is 9.80. The van der Waals surface area contributed by atoms with Gasteiger partial charge < -0.3 is 9.80 Å². The molecule has 0 unspecified atom stereocenters. The van der Waals surface area contributed by atoms with Crippen LogP contribution < -0.4 is 19.6 Å². The summed E-state index contributed by atoms with van der Waals surface area (Å²) >= 11 is 0. The van der Waals surface area contributed by atoms with Crippen LogP contribution in [0, 0.1) is 0 Å². The van der Waals surface area contributed by atoms with Crippen molar-refractivity contribution >= 4 is 112 Å². The molecule has 480 valence electrons. The van der Waals surface area contributed by atoms with Crippen molar-refractivity contribution in [3.8, 4) is 22.3 Å². The van der Waals surface area contributed by atoms with E-state index >= 15 is 0 Å². The van der Waals surface area contributed by atoms with Crippen molar-refractivity contribution in [2.24, 2.45) is 0 Å². The van der Waals surface area contributed by atoms with Gasteiger partial charge in [-0.1, -0.05) is 234 Å². The van der Waals surface area contributed by atoms with Crippen LogP contribution in [0.15, 0.2) is 352 Å². The third-order valence-corrected chi connectivity index (χ3v) is 21.0. The Balaban J connectivity index is 0.000000150. The van der Waals surface area contributed by atoms with Gasteiger partial charge >= 0.3 is 0 Å². The van der Waals surface area contributed by atoms with Crippen molar-refractivity contribution in [3.05, 3.63) is 374 Å². The number of rotatable bonds is 14. The van der Waals surface area contributed by atoms with E-state index in [9.17, 15) is 0 Å². The first-order chi connectivity index (χ1) is 49.2. The van der Waals surface area contributed by atoms with Crippen LogP contribution in [0.2, 0.25) is 0 Å². The molecule has 16 aromatic rings. The molecule has 0 amide bonds. The van der Waals surface area contributed by atoms with Crippen LogP contribution in [0.1, 0.15) is 62.8 Å². The predicted octanol–water partition coefficient (Wildman–Crippen LogP) is 26.0. The van der Waals surface area contributed by atoms with Gasteiger partial charge in [-0.3, -0.25) is 9.80 Å². The van der Waals surface area contributed by atoms with Gasteiger partial charge in [0.15, 0.2) is 0 Å². The van der Waals surface area contributed by atoms with Crippen molar-refractivity contribution in [3.63, 3.8) is 0 Å². The van der Waals surface area contributed by atoms with Crippen LogP contribution in [0.5, 0.6) is 0 Å². The third-order valence-electron chi connectivity index (χ3n) is 21.0. The average Bonchev–Trinajstić information content (AvgIpc) is 1.56. The third kappa shape index (κ3) is 10.7. The molecule has 0 radical (unpaired) electrons. The van der Waals surface area contributed by atoms with Crippen LogP contribution >= 0.6 is 0 Å². The van der Waals surface area contributed by atoms with Crippen molar-refractivity contribution in [2.45, 2.75) is 51.4 Å². The van der Waals surface area contributed by atoms with Gasteiger partial charge in [-0.2, -0.15) is 0 Å². The Bertz CT molecular complexity index is 5350. The highest BCUT2D eigenvalue weighted by Crippen LogP contribution is 2.57. The molecule has 2 aromatic heterocycles. The molecule has 0 bridgehead atoms. The summed E-state index contributed by atoms with van der Waals surface area (Å²) in [7, 11) is 0. The van der Waals surface area contributed by atoms with Gasteiger partial charge in [0.1, 0.15) is 11.6 Å². The summed E-state index contributed by atoms with van der Waals surface area (Å²) in [5.41, 5.74) is 21.6. The number of para-hydroxylation sites is 2. The second kappa shape index (κ2) is 25.6. The summed E-state index contributed by atoms with van der Waals surface area (Å²) < 4.78 is 0. The lowest BCUT2D eigenvalue weighted by atomic mass is 9.73. The Kier molecular flexibility index (Phi) is 15.6. The Morgan fingerprint density at radius 2 is 0.570 bits per heavy atom. The number of aromatic nitrogens is 2. The second-order valence-corrected chi connectivity index (χ2v) is 26.8. The molecule has 6 heteroatoms. The Hall–Kier alpha value is -12.4. The fraction of sp³-hybridized carbons (Fsp3) is 0.0851. The monoisotopic (exact) mass is 1290 g/mol. The lowest BCUT2D eigenvalue weighted by Gasteiger charge is -2.33. The molecule has 6 nitrogen and oxygen atoms in total. The maximum Gasteiger partial charge on any atom is 0.137 e. The topological polar surface area (TPSA) is 38.7 Å². The largest absolute Gasteiger partial charge is 0.310 e. The fourth-order valence-electron chi connectivity index (χ4n) is 16.0. The van der Waals surface area contributed by atoms with E-state index in [4.69, 9.17) is 9.97 Å². The number of benzene rings is 14. The lowest BCUT2D eigenvalue weighted by molar-refractivity contribution is 0.490. The van der Waals surface area contributed by atoms with Gasteiger partial charge in [-0.15, -0.1) is 0 Å². The van der Waals surface area contributed by atoms with Crippen molar-refractivity contribution in [2.75, 3.05) is 19.6 Å². The van der Waals surface area contributed by atoms with Crippen LogP contribution in [0.4, 0.5) is 68.5 Å². The molecular weight excluding hydrogens is 1210 g/mol. The minimum absolute atomic E-state index is 0.126. The van der Waals surface area contributed by atoms with E-state index in [0.29, 0.717) is 0 Å². The van der Waals surface area contributed by atoms with Crippen molar-refractivity contribution in [1.29, 1.82) is 0 Å². The van der Waals surface area contributed by atoms with Crippen LogP contribution in [-0.4, -0.2) is 9.97 Å². The zero-order valence-electron chi connectivity index (χ0n) is 56.6. The normalized spacial score (nSPS) is 12.8. The van der Waals surface area contributed by atoms with E-state index in [-0.39, 0.29) is 10.8 Å². The van der Waals surface area contributed by atoms with Crippen LogP contribution in [0.3, 0.4) is 0 Å². The van der Waals surface area contributed by atoms with Crippen molar-refractivity contribution < 1.29 is 0 Å². The smallest absolute Gasteiger partial charge is 0.137 e. The van der Waals surface area contributed by atoms with E-state index in [1.807, 2.05) is 36.7 Å². The quantitative estimate of drug-likeness (QED) is 0.108. The number of hydrogen-bond donors (Lipinski definition) is 0. The summed E-state index contributed by atoms with van der Waals surface area (Å²) in [6, 6.07) is 123. The number of hydrogen-bond acceptors (Lipinski definition) is 6. The lowest BCUT2D eigenvalue weighted by Crippen LogP contribution is -2.24. The number of pyridine rings is 2. The minimum atomic E-state index is -0.241. The fourth-order valence-corrected chi connectivity index (χ4v) is 16.0. The molecule has 18 rings (SSSR count). The van der Waals surface area contributed by atoms with E-state index in [2.05, 4.69) is 363 Å². The summed E-state index contributed by atoms with van der Waals surface area (Å²) in [5.74, 6) is 1.77. The predicted molar refractivity (Wildman–Crippen MR) is 422 cm³/mol. The molecule has 0 saturated heterocycles. The zero-order valence-corrected chi connectivity index (χ0v) is 56.6. The molecule has 2 aliphatic carbocycles. The molecule has 2 heterocycles. The molecule has 0 spiro atoms. The first kappa shape index (κ1) is 61.2. The van der Waals surface area contributed by atoms with Crippen LogP contribution in [-0.2, 0) is 10.8 Å². The Morgan fingerprint density at radius 3 is 0.970 bits per heavy atom. The van der Waals surface area contributed by atoms with E-state index in [1.165, 1.54) is 110 Å². The molecule has 0 saturated carbocycles. The SMILES string of the molecule is CC1(C)c2cc(N(c3ccc4ccccc4c3)c3ccccn3)ccc2-c2ccc(N(c3ccc4ccccc4c3)c3ccccn3)cc21.CCC1(CC)c2cc(N(c3ccccc3)c3cccc4ccccc34)ccc2-c2ccc(N(c3ccccc3)c3cccc4ccccc34)cc21. The maximum absolute atomic E-state index is 4.80. The Labute approximate surface area is 585 Å². The highest BCUT2D eigenvalue weighted by atomic mass is 15.2. The van der Waals surface area contributed by atoms with Gasteiger partial charge in [0, 0.05) is 79.5 Å². The van der Waals surface area contributed by atoms with Crippen molar-refractivity contribution in [1.82, 2.24) is 9.97 Å². The number of nitrogens with zero attached hydrogens (tertiary/aromatic N) is 6. The molecule has 0 N–H and O–H groups in total. The molecule has 0 atom stereocenters. The first-order valence-corrected chi connectivity index (χ1v) is 34.9.